The highest BCUT2D eigenvalue weighted by molar-refractivity contribution is 6.69. The number of urea groups is 1. The fourth-order valence-corrected chi connectivity index (χ4v) is 1.62. The van der Waals surface area contributed by atoms with Crippen LogP contribution < -0.4 is 0 Å². The quantitative estimate of drug-likeness (QED) is 0.592. The molecule has 0 radical (unpaired) electrons. The van der Waals surface area contributed by atoms with Gasteiger partial charge in [-0.2, -0.15) is 9.48 Å². The van der Waals surface area contributed by atoms with Crippen molar-refractivity contribution in [3.8, 4) is 0 Å². The van der Waals surface area contributed by atoms with Crippen molar-refractivity contribution in [1.82, 2.24) is 4.90 Å². The van der Waals surface area contributed by atoms with Crippen molar-refractivity contribution in [1.29, 1.82) is 0 Å². The van der Waals surface area contributed by atoms with Gasteiger partial charge in [0.05, 0.1) is 13.1 Å². The number of amidine groups is 1. The third-order valence-electron chi connectivity index (χ3n) is 2.38. The van der Waals surface area contributed by atoms with Crippen LogP contribution in [0.4, 0.5) is 4.79 Å². The molecule has 0 bridgehead atoms. The topological polar surface area (TPSA) is 65.1 Å². The summed E-state index contributed by atoms with van der Waals surface area (Å²) in [7, 11) is 0. The van der Waals surface area contributed by atoms with Crippen molar-refractivity contribution in [2.45, 2.75) is 13.8 Å². The van der Waals surface area contributed by atoms with Gasteiger partial charge in [-0.25, -0.2) is 14.6 Å². The summed E-state index contributed by atoms with van der Waals surface area (Å²) in [4.78, 5) is 32.5. The summed E-state index contributed by atoms with van der Waals surface area (Å²) < 4.78 is 1.45. The van der Waals surface area contributed by atoms with Crippen molar-refractivity contribution >= 4 is 29.8 Å². The summed E-state index contributed by atoms with van der Waals surface area (Å²) >= 11 is 0. The third-order valence-corrected chi connectivity index (χ3v) is 2.38. The summed E-state index contributed by atoms with van der Waals surface area (Å²) in [6.07, 6.45) is 1.30. The molecule has 0 aliphatic carbocycles. The predicted molar refractivity (Wildman–Crippen MR) is 54.5 cm³/mol. The molecular weight excluding hydrogens is 196 g/mol. The Morgan fingerprint density at radius 2 is 2.13 bits per heavy atom. The lowest BCUT2D eigenvalue weighted by Gasteiger charge is -2.19. The molecule has 15 heavy (non-hydrogen) atoms. The maximum Gasteiger partial charge on any atom is 0.446 e. The average Bonchev–Trinajstić information content (AvgIpc) is 2.68. The van der Waals surface area contributed by atoms with Crippen LogP contribution in [0.25, 0.3) is 0 Å². The SMILES string of the molecule is CCN1C(=O)C2=NC=NC2=[N+](CC)C1=O. The Morgan fingerprint density at radius 3 is 2.73 bits per heavy atom. The Morgan fingerprint density at radius 1 is 1.40 bits per heavy atom. The van der Waals surface area contributed by atoms with Gasteiger partial charge in [0.15, 0.2) is 6.34 Å². The lowest BCUT2D eigenvalue weighted by molar-refractivity contribution is -0.431. The third kappa shape index (κ3) is 1.21. The Labute approximate surface area is 86.6 Å². The molecule has 0 aromatic carbocycles. The molecule has 0 aromatic heterocycles. The van der Waals surface area contributed by atoms with Crippen LogP contribution in [-0.2, 0) is 4.79 Å². The van der Waals surface area contributed by atoms with E-state index in [9.17, 15) is 9.59 Å². The van der Waals surface area contributed by atoms with E-state index in [0.29, 0.717) is 18.9 Å². The van der Waals surface area contributed by atoms with Crippen molar-refractivity contribution < 1.29 is 14.2 Å². The number of amides is 3. The first-order valence-corrected chi connectivity index (χ1v) is 4.81. The molecule has 0 N–H and O–H groups in total. The minimum absolute atomic E-state index is 0.262. The normalized spacial score (nSPS) is 19.9. The van der Waals surface area contributed by atoms with E-state index >= 15 is 0 Å². The van der Waals surface area contributed by atoms with Gasteiger partial charge in [-0.1, -0.05) is 4.99 Å². The number of imide groups is 1. The number of rotatable bonds is 2. The van der Waals surface area contributed by atoms with Crippen LogP contribution in [0.2, 0.25) is 0 Å². The monoisotopic (exact) mass is 207 g/mol. The van der Waals surface area contributed by atoms with Crippen molar-refractivity contribution in [2.75, 3.05) is 13.1 Å². The van der Waals surface area contributed by atoms with Gasteiger partial charge in [0, 0.05) is 0 Å². The fourth-order valence-electron chi connectivity index (χ4n) is 1.62. The van der Waals surface area contributed by atoms with Gasteiger partial charge in [0.25, 0.3) is 0 Å². The van der Waals surface area contributed by atoms with Crippen LogP contribution in [-0.4, -0.2) is 52.4 Å². The Hall–Kier alpha value is -1.85. The molecule has 2 aliphatic rings. The molecule has 0 saturated heterocycles. The van der Waals surface area contributed by atoms with Gasteiger partial charge in [0.1, 0.15) is 0 Å². The molecule has 0 aromatic rings. The van der Waals surface area contributed by atoms with Gasteiger partial charge in [0.2, 0.25) is 5.71 Å². The van der Waals surface area contributed by atoms with Crippen molar-refractivity contribution in [3.63, 3.8) is 0 Å². The summed E-state index contributed by atoms with van der Waals surface area (Å²) in [6.45, 7) is 4.42. The summed E-state index contributed by atoms with van der Waals surface area (Å²) in [5, 5.41) is 0. The van der Waals surface area contributed by atoms with Crippen LogP contribution in [0.3, 0.4) is 0 Å². The second-order valence-corrected chi connectivity index (χ2v) is 3.12. The van der Waals surface area contributed by atoms with Crippen LogP contribution in [0.1, 0.15) is 13.8 Å². The average molecular weight is 207 g/mol. The number of hydrogen-bond donors (Lipinski definition) is 0. The first-order chi connectivity index (χ1) is 7.20. The second-order valence-electron chi connectivity index (χ2n) is 3.12. The molecule has 6 nitrogen and oxygen atoms in total. The number of carbonyl (C=O) groups excluding carboxylic acids is 2. The molecule has 0 unspecified atom stereocenters. The van der Waals surface area contributed by atoms with Crippen molar-refractivity contribution in [3.05, 3.63) is 0 Å². The molecular formula is C9H11N4O2+. The first-order valence-electron chi connectivity index (χ1n) is 4.81. The van der Waals surface area contributed by atoms with Crippen LogP contribution in [0, 0.1) is 0 Å². The Bertz CT molecular complexity index is 433. The standard InChI is InChI=1S/C9H11N4O2/c1-3-12-7-6(10-5-11-7)8(14)13(4-2)9(12)15/h5H,3-4H2,1-2H3/q+1. The van der Waals surface area contributed by atoms with Crippen molar-refractivity contribution in [2.24, 2.45) is 9.98 Å². The number of carbonyl (C=O) groups is 2. The van der Waals surface area contributed by atoms with E-state index in [0.717, 1.165) is 0 Å². The zero-order chi connectivity index (χ0) is 11.0. The maximum absolute atomic E-state index is 11.8. The molecule has 0 spiro atoms. The van der Waals surface area contributed by atoms with E-state index in [1.165, 1.54) is 15.8 Å². The molecule has 0 saturated carbocycles. The summed E-state index contributed by atoms with van der Waals surface area (Å²) in [6, 6.07) is -0.321. The van der Waals surface area contributed by atoms with Crippen LogP contribution >= 0.6 is 0 Å². The van der Waals surface area contributed by atoms with E-state index < -0.39 is 0 Å². The zero-order valence-electron chi connectivity index (χ0n) is 8.60. The van der Waals surface area contributed by atoms with E-state index in [-0.39, 0.29) is 17.6 Å². The van der Waals surface area contributed by atoms with Gasteiger partial charge < -0.3 is 0 Å². The minimum atomic E-state index is -0.361. The van der Waals surface area contributed by atoms with Crippen LogP contribution in [0.5, 0.6) is 0 Å². The molecule has 2 aliphatic heterocycles. The number of hydrogen-bond acceptors (Lipinski definition) is 4. The summed E-state index contributed by atoms with van der Waals surface area (Å²) in [5.41, 5.74) is 0.262. The molecule has 2 heterocycles. The van der Waals surface area contributed by atoms with Gasteiger partial charge >= 0.3 is 17.8 Å². The van der Waals surface area contributed by atoms with E-state index in [1.807, 2.05) is 6.92 Å². The zero-order valence-corrected chi connectivity index (χ0v) is 8.60. The molecule has 78 valence electrons. The number of fused-ring (bicyclic) bond motifs is 1. The largest absolute Gasteiger partial charge is 0.446 e. The lowest BCUT2D eigenvalue weighted by Crippen LogP contribution is -2.54. The van der Waals surface area contributed by atoms with Crippen LogP contribution in [0.15, 0.2) is 9.98 Å². The Kier molecular flexibility index (Phi) is 2.18. The van der Waals surface area contributed by atoms with E-state index in [1.54, 1.807) is 6.92 Å². The predicted octanol–water partition coefficient (Wildman–Crippen LogP) is -0.118. The molecule has 3 amide bonds. The van der Waals surface area contributed by atoms with Gasteiger partial charge in [-0.05, 0) is 13.8 Å². The number of nitrogens with zero attached hydrogens (tertiary/aromatic N) is 4. The highest BCUT2D eigenvalue weighted by Gasteiger charge is 2.44. The van der Waals surface area contributed by atoms with E-state index in [4.69, 9.17) is 0 Å². The van der Waals surface area contributed by atoms with Gasteiger partial charge in [-0.3, -0.25) is 0 Å². The second kappa shape index (κ2) is 3.38. The number of aliphatic imine (C=N–C) groups is 2. The molecule has 0 atom stereocenters. The summed E-state index contributed by atoms with van der Waals surface area (Å²) in [5.74, 6) is 0.0110. The minimum Gasteiger partial charge on any atom is -0.248 e. The smallest absolute Gasteiger partial charge is 0.248 e. The highest BCUT2D eigenvalue weighted by Crippen LogP contribution is 2.09. The molecule has 6 heteroatoms. The first kappa shape index (κ1) is 9.70. The fraction of sp³-hybridized carbons (Fsp3) is 0.444. The highest BCUT2D eigenvalue weighted by atomic mass is 16.2. The molecule has 0 fully saturated rings. The van der Waals surface area contributed by atoms with E-state index in [2.05, 4.69) is 9.98 Å². The molecule has 2 rings (SSSR count). The Balaban J connectivity index is 2.56. The maximum atomic E-state index is 11.8. The van der Waals surface area contributed by atoms with Gasteiger partial charge in [-0.15, -0.1) is 0 Å². The lowest BCUT2D eigenvalue weighted by atomic mass is 10.2.